The molecular formula is C43H79O8P. The predicted octanol–water partition coefficient (Wildman–Crippen LogP) is 13.0. The first-order valence-corrected chi connectivity index (χ1v) is 22.8. The Hall–Kier alpha value is -1.73. The van der Waals surface area contributed by atoms with Crippen molar-refractivity contribution in [3.05, 3.63) is 36.5 Å². The van der Waals surface area contributed by atoms with Gasteiger partial charge in [-0.2, -0.15) is 0 Å². The zero-order valence-corrected chi connectivity index (χ0v) is 34.4. The van der Waals surface area contributed by atoms with Crippen molar-refractivity contribution in [3.8, 4) is 0 Å². The van der Waals surface area contributed by atoms with Gasteiger partial charge in [-0.05, 0) is 44.9 Å². The molecule has 0 amide bonds. The number of allylic oxidation sites excluding steroid dienone is 6. The highest BCUT2D eigenvalue weighted by Crippen LogP contribution is 2.36. The van der Waals surface area contributed by atoms with Crippen molar-refractivity contribution in [1.29, 1.82) is 0 Å². The number of hydrogen-bond acceptors (Lipinski definition) is 6. The highest BCUT2D eigenvalue weighted by atomic mass is 31.2. The summed E-state index contributed by atoms with van der Waals surface area (Å²) in [6.07, 6.45) is 45.9. The minimum Gasteiger partial charge on any atom is -0.462 e. The molecule has 0 aromatic heterocycles. The van der Waals surface area contributed by atoms with Crippen LogP contribution >= 0.6 is 7.82 Å². The lowest BCUT2D eigenvalue weighted by molar-refractivity contribution is -0.161. The number of esters is 2. The summed E-state index contributed by atoms with van der Waals surface area (Å²) in [4.78, 5) is 42.8. The Balaban J connectivity index is 3.97. The predicted molar refractivity (Wildman–Crippen MR) is 216 cm³/mol. The van der Waals surface area contributed by atoms with Crippen LogP contribution < -0.4 is 0 Å². The van der Waals surface area contributed by atoms with E-state index in [0.29, 0.717) is 12.8 Å². The number of carbonyl (C=O) groups is 2. The second kappa shape index (κ2) is 39.0. The summed E-state index contributed by atoms with van der Waals surface area (Å²) in [7, 11) is -4.76. The fourth-order valence-electron chi connectivity index (χ4n) is 5.98. The maximum absolute atomic E-state index is 12.4. The third-order valence-electron chi connectivity index (χ3n) is 9.16. The molecule has 9 heteroatoms. The van der Waals surface area contributed by atoms with Crippen molar-refractivity contribution in [1.82, 2.24) is 0 Å². The Labute approximate surface area is 319 Å². The van der Waals surface area contributed by atoms with Gasteiger partial charge in [0, 0.05) is 12.8 Å². The lowest BCUT2D eigenvalue weighted by Crippen LogP contribution is -2.29. The quantitative estimate of drug-likeness (QED) is 0.0275. The first-order valence-electron chi connectivity index (χ1n) is 21.3. The van der Waals surface area contributed by atoms with E-state index in [9.17, 15) is 14.2 Å². The number of ether oxygens (including phenoxy) is 2. The maximum atomic E-state index is 12.4. The minimum absolute atomic E-state index is 0.197. The normalized spacial score (nSPS) is 12.8. The van der Waals surface area contributed by atoms with Crippen LogP contribution in [0.2, 0.25) is 0 Å². The summed E-state index contributed by atoms with van der Waals surface area (Å²) in [5.74, 6) is -0.939. The van der Waals surface area contributed by atoms with Crippen molar-refractivity contribution in [2.75, 3.05) is 13.2 Å². The third-order valence-corrected chi connectivity index (χ3v) is 9.65. The van der Waals surface area contributed by atoms with Gasteiger partial charge < -0.3 is 19.3 Å². The molecule has 0 saturated heterocycles. The van der Waals surface area contributed by atoms with Gasteiger partial charge in [-0.25, -0.2) is 4.57 Å². The zero-order chi connectivity index (χ0) is 38.2. The zero-order valence-electron chi connectivity index (χ0n) is 33.5. The van der Waals surface area contributed by atoms with Crippen LogP contribution in [0.25, 0.3) is 0 Å². The number of phosphoric ester groups is 1. The van der Waals surface area contributed by atoms with Crippen LogP contribution in [0.5, 0.6) is 0 Å². The van der Waals surface area contributed by atoms with Gasteiger partial charge in [0.05, 0.1) is 6.61 Å². The first-order chi connectivity index (χ1) is 25.3. The molecule has 8 nitrogen and oxygen atoms in total. The largest absolute Gasteiger partial charge is 0.469 e. The highest BCUT2D eigenvalue weighted by Gasteiger charge is 2.22. The molecule has 2 N–H and O–H groups in total. The van der Waals surface area contributed by atoms with Crippen LogP contribution in [-0.4, -0.2) is 41.0 Å². The highest BCUT2D eigenvalue weighted by molar-refractivity contribution is 7.46. The maximum Gasteiger partial charge on any atom is 0.469 e. The SMILES string of the molecule is CCCCCCCC/C=C\C/C=C\C/C=C\CCCC(=O)OC[C@H](COP(=O)(O)O)OC(=O)CCCCCCCCCCCCCCCCCCC. The topological polar surface area (TPSA) is 119 Å². The second-order valence-electron chi connectivity index (χ2n) is 14.3. The average Bonchev–Trinajstić information content (AvgIpc) is 3.11. The number of phosphoric acid groups is 1. The van der Waals surface area contributed by atoms with Crippen LogP contribution in [0.1, 0.15) is 206 Å². The summed E-state index contributed by atoms with van der Waals surface area (Å²) < 4.78 is 26.3. The van der Waals surface area contributed by atoms with Crippen molar-refractivity contribution >= 4 is 19.8 Å². The van der Waals surface area contributed by atoms with E-state index in [2.05, 4.69) is 48.8 Å². The Kier molecular flexibility index (Phi) is 37.7. The molecule has 0 aromatic carbocycles. The van der Waals surface area contributed by atoms with Crippen LogP contribution in [0.4, 0.5) is 0 Å². The van der Waals surface area contributed by atoms with Gasteiger partial charge in [0.25, 0.3) is 0 Å². The molecule has 0 heterocycles. The monoisotopic (exact) mass is 755 g/mol. The van der Waals surface area contributed by atoms with Gasteiger partial charge in [0.1, 0.15) is 6.61 Å². The molecule has 0 aliphatic rings. The Morgan fingerprint density at radius 1 is 0.500 bits per heavy atom. The minimum atomic E-state index is -4.76. The summed E-state index contributed by atoms with van der Waals surface area (Å²) in [5.41, 5.74) is 0. The molecule has 0 saturated carbocycles. The summed E-state index contributed by atoms with van der Waals surface area (Å²) in [6, 6.07) is 0. The molecule has 0 spiro atoms. The molecular weight excluding hydrogens is 675 g/mol. The first kappa shape index (κ1) is 50.3. The molecule has 0 aliphatic carbocycles. The Bertz CT molecular complexity index is 941. The Morgan fingerprint density at radius 3 is 1.35 bits per heavy atom. The van der Waals surface area contributed by atoms with Gasteiger partial charge in [-0.1, -0.05) is 185 Å². The van der Waals surface area contributed by atoms with E-state index in [4.69, 9.17) is 19.3 Å². The fraction of sp³-hybridized carbons (Fsp3) is 0.814. The number of carbonyl (C=O) groups excluding carboxylic acids is 2. The molecule has 304 valence electrons. The van der Waals surface area contributed by atoms with Gasteiger partial charge >= 0.3 is 19.8 Å². The van der Waals surface area contributed by atoms with E-state index in [1.807, 2.05) is 6.08 Å². The van der Waals surface area contributed by atoms with Crippen molar-refractivity contribution in [2.45, 2.75) is 213 Å². The molecule has 0 fully saturated rings. The molecule has 0 rings (SSSR count). The van der Waals surface area contributed by atoms with Gasteiger partial charge in [0.15, 0.2) is 6.10 Å². The van der Waals surface area contributed by atoms with Crippen molar-refractivity contribution in [2.24, 2.45) is 0 Å². The standard InChI is InChI=1S/C43H79O8P/c1-3-5-7-9-11-13-15-17-19-21-23-25-27-29-31-33-35-37-42(44)49-39-41(40-50-52(46,47)48)51-43(45)38-36-34-32-30-28-26-24-22-20-18-16-14-12-10-8-6-4-2/h17,19,23,25,29,31,41H,3-16,18,20-22,24,26-28,30,32-40H2,1-2H3,(H2,46,47,48)/b19-17-,25-23-,31-29-/t41-/m1/s1. The summed E-state index contributed by atoms with van der Waals surface area (Å²) in [5, 5.41) is 0. The van der Waals surface area contributed by atoms with E-state index < -0.39 is 32.5 Å². The Morgan fingerprint density at radius 2 is 0.885 bits per heavy atom. The third kappa shape index (κ3) is 41.0. The van der Waals surface area contributed by atoms with Crippen molar-refractivity contribution < 1.29 is 37.9 Å². The summed E-state index contributed by atoms with van der Waals surface area (Å²) in [6.45, 7) is 3.65. The van der Waals surface area contributed by atoms with E-state index in [1.54, 1.807) is 0 Å². The van der Waals surface area contributed by atoms with E-state index in [1.165, 1.54) is 122 Å². The molecule has 0 bridgehead atoms. The molecule has 0 unspecified atom stereocenters. The van der Waals surface area contributed by atoms with Gasteiger partial charge in [-0.3, -0.25) is 14.1 Å². The number of hydrogen-bond donors (Lipinski definition) is 2. The molecule has 0 radical (unpaired) electrons. The average molecular weight is 755 g/mol. The van der Waals surface area contributed by atoms with Gasteiger partial charge in [-0.15, -0.1) is 0 Å². The molecule has 0 aromatic rings. The second-order valence-corrected chi connectivity index (χ2v) is 15.6. The lowest BCUT2D eigenvalue weighted by Gasteiger charge is -2.18. The number of rotatable bonds is 39. The molecule has 0 aliphatic heterocycles. The van der Waals surface area contributed by atoms with E-state index in [-0.39, 0.29) is 19.4 Å². The number of unbranched alkanes of at least 4 members (excludes halogenated alkanes) is 23. The molecule has 1 atom stereocenters. The van der Waals surface area contributed by atoms with Crippen LogP contribution in [0.15, 0.2) is 36.5 Å². The smallest absolute Gasteiger partial charge is 0.462 e. The van der Waals surface area contributed by atoms with Crippen LogP contribution in [0.3, 0.4) is 0 Å². The summed E-state index contributed by atoms with van der Waals surface area (Å²) >= 11 is 0. The van der Waals surface area contributed by atoms with E-state index in [0.717, 1.165) is 44.9 Å². The fourth-order valence-corrected chi connectivity index (χ4v) is 6.34. The molecule has 52 heavy (non-hydrogen) atoms. The van der Waals surface area contributed by atoms with Crippen LogP contribution in [-0.2, 0) is 28.2 Å². The van der Waals surface area contributed by atoms with Gasteiger partial charge in [0.2, 0.25) is 0 Å². The van der Waals surface area contributed by atoms with Crippen LogP contribution in [0, 0.1) is 0 Å². The van der Waals surface area contributed by atoms with Crippen molar-refractivity contribution in [3.63, 3.8) is 0 Å². The lowest BCUT2D eigenvalue weighted by atomic mass is 10.0. The van der Waals surface area contributed by atoms with E-state index >= 15 is 0 Å².